The van der Waals surface area contributed by atoms with Crippen LogP contribution in [0.1, 0.15) is 5.56 Å². The van der Waals surface area contributed by atoms with E-state index in [9.17, 15) is 8.42 Å². The minimum atomic E-state index is -3.42. The first-order valence-electron chi connectivity index (χ1n) is 7.16. The molecule has 1 fully saturated rings. The molecule has 1 aliphatic rings. The predicted molar refractivity (Wildman–Crippen MR) is 84.2 cm³/mol. The van der Waals surface area contributed by atoms with Gasteiger partial charge in [0.1, 0.15) is 0 Å². The Morgan fingerprint density at radius 2 is 1.68 bits per heavy atom. The van der Waals surface area contributed by atoms with Crippen LogP contribution in [0, 0.1) is 6.92 Å². The molecular formula is C15H18N4O2S. The van der Waals surface area contributed by atoms with Crippen molar-refractivity contribution in [3.8, 4) is 0 Å². The molecule has 0 radical (unpaired) electrons. The molecule has 0 saturated carbocycles. The van der Waals surface area contributed by atoms with Gasteiger partial charge in [-0.1, -0.05) is 12.1 Å². The highest BCUT2D eigenvalue weighted by molar-refractivity contribution is 7.89. The molecule has 0 atom stereocenters. The van der Waals surface area contributed by atoms with E-state index in [4.69, 9.17) is 0 Å². The van der Waals surface area contributed by atoms with Crippen molar-refractivity contribution in [2.75, 3.05) is 31.1 Å². The molecule has 3 rings (SSSR count). The lowest BCUT2D eigenvalue weighted by atomic mass is 10.2. The van der Waals surface area contributed by atoms with E-state index in [1.54, 1.807) is 36.7 Å². The number of benzene rings is 1. The second kappa shape index (κ2) is 6.02. The standard InChI is InChI=1S/C15H18N4O2S/c1-13-4-2-5-14(12-13)22(20,21)19-10-8-18(9-11-19)15-16-6-3-7-17-15/h2-7,12H,8-11H2,1H3. The average Bonchev–Trinajstić information content (AvgIpc) is 2.56. The second-order valence-electron chi connectivity index (χ2n) is 5.26. The minimum absolute atomic E-state index is 0.358. The molecule has 6 nitrogen and oxygen atoms in total. The van der Waals surface area contributed by atoms with Crippen molar-refractivity contribution in [1.82, 2.24) is 14.3 Å². The first-order chi connectivity index (χ1) is 10.6. The zero-order valence-corrected chi connectivity index (χ0v) is 13.2. The molecule has 1 aromatic heterocycles. The molecule has 2 aromatic rings. The molecule has 22 heavy (non-hydrogen) atoms. The normalized spacial score (nSPS) is 16.7. The van der Waals surface area contributed by atoms with Crippen LogP contribution >= 0.6 is 0 Å². The highest BCUT2D eigenvalue weighted by Gasteiger charge is 2.29. The summed E-state index contributed by atoms with van der Waals surface area (Å²) in [6.45, 7) is 3.96. The zero-order valence-electron chi connectivity index (χ0n) is 12.4. The molecule has 7 heteroatoms. The van der Waals surface area contributed by atoms with Gasteiger partial charge in [-0.05, 0) is 30.7 Å². The Hall–Kier alpha value is -1.99. The Morgan fingerprint density at radius 3 is 2.32 bits per heavy atom. The minimum Gasteiger partial charge on any atom is -0.338 e. The Kier molecular flexibility index (Phi) is 4.08. The average molecular weight is 318 g/mol. The van der Waals surface area contributed by atoms with Gasteiger partial charge >= 0.3 is 0 Å². The number of anilines is 1. The lowest BCUT2D eigenvalue weighted by molar-refractivity contribution is 0.382. The number of sulfonamides is 1. The summed E-state index contributed by atoms with van der Waals surface area (Å²) in [4.78, 5) is 10.8. The van der Waals surface area contributed by atoms with E-state index in [1.165, 1.54) is 4.31 Å². The van der Waals surface area contributed by atoms with Gasteiger partial charge in [0.25, 0.3) is 0 Å². The zero-order chi connectivity index (χ0) is 15.6. The maximum Gasteiger partial charge on any atom is 0.243 e. The van der Waals surface area contributed by atoms with Gasteiger partial charge in [-0.25, -0.2) is 18.4 Å². The number of aromatic nitrogens is 2. The van der Waals surface area contributed by atoms with Crippen molar-refractivity contribution >= 4 is 16.0 Å². The fourth-order valence-electron chi connectivity index (χ4n) is 2.51. The lowest BCUT2D eigenvalue weighted by Gasteiger charge is -2.33. The summed E-state index contributed by atoms with van der Waals surface area (Å²) < 4.78 is 26.8. The van der Waals surface area contributed by atoms with Crippen LogP contribution in [0.5, 0.6) is 0 Å². The predicted octanol–water partition coefficient (Wildman–Crippen LogP) is 1.30. The SMILES string of the molecule is Cc1cccc(S(=O)(=O)N2CCN(c3ncccn3)CC2)c1. The maximum absolute atomic E-state index is 12.7. The van der Waals surface area contributed by atoms with Crippen LogP contribution in [-0.4, -0.2) is 48.9 Å². The number of aryl methyl sites for hydroxylation is 1. The molecule has 116 valence electrons. The van der Waals surface area contributed by atoms with E-state index < -0.39 is 10.0 Å². The van der Waals surface area contributed by atoms with Crippen LogP contribution in [0.3, 0.4) is 0 Å². The van der Waals surface area contributed by atoms with E-state index in [0.717, 1.165) is 5.56 Å². The first kappa shape index (κ1) is 14.9. The number of rotatable bonds is 3. The van der Waals surface area contributed by atoms with Gasteiger partial charge in [0.05, 0.1) is 4.90 Å². The van der Waals surface area contributed by atoms with E-state index in [-0.39, 0.29) is 0 Å². The van der Waals surface area contributed by atoms with Crippen LogP contribution in [0.4, 0.5) is 5.95 Å². The van der Waals surface area contributed by atoms with Crippen molar-refractivity contribution in [3.05, 3.63) is 48.3 Å². The van der Waals surface area contributed by atoms with Gasteiger partial charge in [-0.15, -0.1) is 0 Å². The third-order valence-corrected chi connectivity index (χ3v) is 5.60. The molecule has 0 amide bonds. The Balaban J connectivity index is 1.73. The highest BCUT2D eigenvalue weighted by atomic mass is 32.2. The summed E-state index contributed by atoms with van der Waals surface area (Å²) >= 11 is 0. The summed E-state index contributed by atoms with van der Waals surface area (Å²) in [5, 5.41) is 0. The summed E-state index contributed by atoms with van der Waals surface area (Å²) in [6, 6.07) is 8.79. The summed E-state index contributed by atoms with van der Waals surface area (Å²) in [6.07, 6.45) is 3.39. The number of hydrogen-bond donors (Lipinski definition) is 0. The molecule has 0 spiro atoms. The molecule has 1 aromatic carbocycles. The lowest BCUT2D eigenvalue weighted by Crippen LogP contribution is -2.49. The first-order valence-corrected chi connectivity index (χ1v) is 8.60. The van der Waals surface area contributed by atoms with Gasteiger partial charge in [-0.2, -0.15) is 4.31 Å². The van der Waals surface area contributed by atoms with E-state index >= 15 is 0 Å². The van der Waals surface area contributed by atoms with Crippen molar-refractivity contribution in [2.24, 2.45) is 0 Å². The molecule has 1 saturated heterocycles. The van der Waals surface area contributed by atoms with Crippen LogP contribution in [0.2, 0.25) is 0 Å². The fourth-order valence-corrected chi connectivity index (χ4v) is 4.04. The quantitative estimate of drug-likeness (QED) is 0.853. The van der Waals surface area contributed by atoms with Gasteiger partial charge < -0.3 is 4.90 Å². The largest absolute Gasteiger partial charge is 0.338 e. The second-order valence-corrected chi connectivity index (χ2v) is 7.19. The Labute approximate surface area is 130 Å². The molecule has 0 unspecified atom stereocenters. The van der Waals surface area contributed by atoms with Crippen molar-refractivity contribution < 1.29 is 8.42 Å². The summed E-state index contributed by atoms with van der Waals surface area (Å²) in [7, 11) is -3.42. The smallest absolute Gasteiger partial charge is 0.243 e. The molecule has 0 aliphatic carbocycles. The van der Waals surface area contributed by atoms with E-state index in [2.05, 4.69) is 9.97 Å². The van der Waals surface area contributed by atoms with E-state index in [0.29, 0.717) is 37.0 Å². The Morgan fingerprint density at radius 1 is 1.00 bits per heavy atom. The van der Waals surface area contributed by atoms with Crippen LogP contribution in [0.15, 0.2) is 47.6 Å². The van der Waals surface area contributed by atoms with Crippen molar-refractivity contribution in [3.63, 3.8) is 0 Å². The summed E-state index contributed by atoms with van der Waals surface area (Å²) in [5.41, 5.74) is 0.942. The van der Waals surface area contributed by atoms with Crippen molar-refractivity contribution in [2.45, 2.75) is 11.8 Å². The molecule has 0 bridgehead atoms. The molecular weight excluding hydrogens is 300 g/mol. The van der Waals surface area contributed by atoms with Gasteiger partial charge in [0.15, 0.2) is 0 Å². The molecule has 2 heterocycles. The number of piperazine rings is 1. The van der Waals surface area contributed by atoms with Crippen LogP contribution in [0.25, 0.3) is 0 Å². The van der Waals surface area contributed by atoms with Crippen molar-refractivity contribution in [1.29, 1.82) is 0 Å². The van der Waals surface area contributed by atoms with E-state index in [1.807, 2.05) is 17.9 Å². The van der Waals surface area contributed by atoms with Crippen LogP contribution < -0.4 is 4.90 Å². The monoisotopic (exact) mass is 318 g/mol. The third-order valence-electron chi connectivity index (χ3n) is 3.70. The molecule has 1 aliphatic heterocycles. The maximum atomic E-state index is 12.7. The molecule has 0 N–H and O–H groups in total. The third kappa shape index (κ3) is 2.95. The fraction of sp³-hybridized carbons (Fsp3) is 0.333. The highest BCUT2D eigenvalue weighted by Crippen LogP contribution is 2.19. The number of nitrogens with zero attached hydrogens (tertiary/aromatic N) is 4. The topological polar surface area (TPSA) is 66.4 Å². The van der Waals surface area contributed by atoms with Crippen LogP contribution in [-0.2, 0) is 10.0 Å². The van der Waals surface area contributed by atoms with Gasteiger partial charge in [0.2, 0.25) is 16.0 Å². The Bertz CT molecular complexity index is 741. The summed E-state index contributed by atoms with van der Waals surface area (Å²) in [5.74, 6) is 0.648. The van der Waals surface area contributed by atoms with Gasteiger partial charge in [-0.3, -0.25) is 0 Å². The number of hydrogen-bond acceptors (Lipinski definition) is 5. The van der Waals surface area contributed by atoms with Gasteiger partial charge in [0, 0.05) is 38.6 Å².